The van der Waals surface area contributed by atoms with Crippen LogP contribution < -0.4 is 0 Å². The molecule has 0 unspecified atom stereocenters. The Morgan fingerprint density at radius 1 is 1.17 bits per heavy atom. The summed E-state index contributed by atoms with van der Waals surface area (Å²) in [7, 11) is 2.00. The lowest BCUT2D eigenvalue weighted by atomic mass is 10.2. The molecular weight excluding hydrogens is 224 g/mol. The number of hydrogen-bond donors (Lipinski definition) is 0. The molecule has 0 saturated heterocycles. The number of carbonyl (C=O) groups excluding carboxylic acids is 1. The van der Waals surface area contributed by atoms with Gasteiger partial charge in [0.05, 0.1) is 6.04 Å². The van der Waals surface area contributed by atoms with E-state index in [9.17, 15) is 4.79 Å². The summed E-state index contributed by atoms with van der Waals surface area (Å²) in [6, 6.07) is 10.2. The van der Waals surface area contributed by atoms with Gasteiger partial charge in [0, 0.05) is 19.6 Å². The van der Waals surface area contributed by atoms with Crippen molar-refractivity contribution in [3.63, 3.8) is 0 Å². The fraction of sp³-hybridized carbons (Fsp3) is 0.533. The normalized spacial score (nSPS) is 12.5. The maximum Gasteiger partial charge on any atom is 0.239 e. The average molecular weight is 248 g/mol. The van der Waals surface area contributed by atoms with Crippen LogP contribution in [0.4, 0.5) is 0 Å². The number of likely N-dealkylation sites (N-methyl/N-ethyl adjacent to an activating group) is 2. The summed E-state index contributed by atoms with van der Waals surface area (Å²) in [5.74, 6) is 0.207. The lowest BCUT2D eigenvalue weighted by Gasteiger charge is -2.29. The van der Waals surface area contributed by atoms with Crippen molar-refractivity contribution in [3.8, 4) is 0 Å². The quantitative estimate of drug-likeness (QED) is 0.771. The molecule has 0 aliphatic heterocycles. The molecule has 3 heteroatoms. The van der Waals surface area contributed by atoms with Gasteiger partial charge in [-0.1, -0.05) is 30.3 Å². The van der Waals surface area contributed by atoms with Gasteiger partial charge in [0.15, 0.2) is 0 Å². The monoisotopic (exact) mass is 248 g/mol. The number of amides is 1. The topological polar surface area (TPSA) is 23.6 Å². The molecule has 0 aliphatic carbocycles. The maximum absolute atomic E-state index is 12.2. The van der Waals surface area contributed by atoms with Crippen LogP contribution >= 0.6 is 0 Å². The van der Waals surface area contributed by atoms with Gasteiger partial charge in [-0.05, 0) is 33.4 Å². The number of hydrogen-bond acceptors (Lipinski definition) is 2. The van der Waals surface area contributed by atoms with E-state index in [2.05, 4.69) is 17.0 Å². The predicted octanol–water partition coefficient (Wildman–Crippen LogP) is 2.38. The molecule has 0 N–H and O–H groups in total. The van der Waals surface area contributed by atoms with Crippen LogP contribution in [-0.2, 0) is 11.3 Å². The molecule has 0 aromatic heterocycles. The maximum atomic E-state index is 12.2. The molecule has 1 amide bonds. The Hall–Kier alpha value is -1.35. The highest BCUT2D eigenvalue weighted by molar-refractivity contribution is 5.81. The molecule has 18 heavy (non-hydrogen) atoms. The summed E-state index contributed by atoms with van der Waals surface area (Å²) in [5.41, 5.74) is 1.24. The van der Waals surface area contributed by atoms with E-state index in [1.165, 1.54) is 5.56 Å². The van der Waals surface area contributed by atoms with E-state index < -0.39 is 0 Å². The lowest BCUT2D eigenvalue weighted by molar-refractivity contribution is -0.135. The summed E-state index contributed by atoms with van der Waals surface area (Å²) >= 11 is 0. The van der Waals surface area contributed by atoms with Crippen LogP contribution in [0.3, 0.4) is 0 Å². The first-order valence-corrected chi connectivity index (χ1v) is 6.63. The van der Waals surface area contributed by atoms with E-state index in [4.69, 9.17) is 0 Å². The minimum Gasteiger partial charge on any atom is -0.342 e. The standard InChI is InChI=1S/C15H24N2O/c1-5-17(6-2)15(18)13(3)16(4)12-14-10-8-7-9-11-14/h7-11,13H,5-6,12H2,1-4H3/t13-/m1/s1. The van der Waals surface area contributed by atoms with Gasteiger partial charge in [0.2, 0.25) is 5.91 Å². The van der Waals surface area contributed by atoms with Crippen molar-refractivity contribution in [1.82, 2.24) is 9.80 Å². The van der Waals surface area contributed by atoms with E-state index in [1.807, 2.05) is 50.9 Å². The van der Waals surface area contributed by atoms with Gasteiger partial charge in [0.1, 0.15) is 0 Å². The molecular formula is C15H24N2O. The molecule has 1 atom stereocenters. The molecule has 0 heterocycles. The van der Waals surface area contributed by atoms with Crippen LogP contribution in [0.5, 0.6) is 0 Å². The Kier molecular flexibility index (Phi) is 5.86. The highest BCUT2D eigenvalue weighted by atomic mass is 16.2. The van der Waals surface area contributed by atoms with Crippen molar-refractivity contribution in [2.75, 3.05) is 20.1 Å². The van der Waals surface area contributed by atoms with Crippen LogP contribution in [0.1, 0.15) is 26.3 Å². The van der Waals surface area contributed by atoms with Crippen molar-refractivity contribution >= 4 is 5.91 Å². The minimum absolute atomic E-state index is 0.0786. The van der Waals surface area contributed by atoms with E-state index in [1.54, 1.807) is 0 Å². The number of nitrogens with zero attached hydrogens (tertiary/aromatic N) is 2. The Bertz CT molecular complexity index is 360. The zero-order valence-corrected chi connectivity index (χ0v) is 11.9. The molecule has 1 rings (SSSR count). The summed E-state index contributed by atoms with van der Waals surface area (Å²) in [6.45, 7) is 8.37. The second-order valence-corrected chi connectivity index (χ2v) is 4.59. The van der Waals surface area contributed by atoms with E-state index in [0.717, 1.165) is 19.6 Å². The van der Waals surface area contributed by atoms with Gasteiger partial charge in [0.25, 0.3) is 0 Å². The van der Waals surface area contributed by atoms with Crippen molar-refractivity contribution in [2.45, 2.75) is 33.4 Å². The van der Waals surface area contributed by atoms with Gasteiger partial charge >= 0.3 is 0 Å². The molecule has 1 aromatic rings. The highest BCUT2D eigenvalue weighted by Gasteiger charge is 2.21. The molecule has 0 fully saturated rings. The lowest BCUT2D eigenvalue weighted by Crippen LogP contribution is -2.45. The number of rotatable bonds is 6. The van der Waals surface area contributed by atoms with Crippen LogP contribution in [-0.4, -0.2) is 41.9 Å². The summed E-state index contributed by atoms with van der Waals surface area (Å²) in [6.07, 6.45) is 0. The molecule has 0 bridgehead atoms. The van der Waals surface area contributed by atoms with Gasteiger partial charge in [-0.2, -0.15) is 0 Å². The Morgan fingerprint density at radius 3 is 2.22 bits per heavy atom. The van der Waals surface area contributed by atoms with Gasteiger partial charge in [-0.3, -0.25) is 9.69 Å². The molecule has 0 spiro atoms. The van der Waals surface area contributed by atoms with Crippen LogP contribution in [0.15, 0.2) is 30.3 Å². The SMILES string of the molecule is CCN(CC)C(=O)[C@@H](C)N(C)Cc1ccccc1. The second-order valence-electron chi connectivity index (χ2n) is 4.59. The summed E-state index contributed by atoms with van der Waals surface area (Å²) in [5, 5.41) is 0. The Labute approximate surface area is 110 Å². The van der Waals surface area contributed by atoms with E-state index in [-0.39, 0.29) is 11.9 Å². The number of carbonyl (C=O) groups is 1. The fourth-order valence-corrected chi connectivity index (χ4v) is 2.00. The summed E-state index contributed by atoms with van der Waals surface area (Å²) < 4.78 is 0. The number of benzene rings is 1. The molecule has 0 radical (unpaired) electrons. The first-order valence-electron chi connectivity index (χ1n) is 6.63. The third-order valence-corrected chi connectivity index (χ3v) is 3.37. The molecule has 0 saturated carbocycles. The van der Waals surface area contributed by atoms with Crippen molar-refractivity contribution in [1.29, 1.82) is 0 Å². The molecule has 100 valence electrons. The molecule has 3 nitrogen and oxygen atoms in total. The minimum atomic E-state index is -0.0786. The van der Waals surface area contributed by atoms with Gasteiger partial charge < -0.3 is 4.90 Å². The highest BCUT2D eigenvalue weighted by Crippen LogP contribution is 2.08. The smallest absolute Gasteiger partial charge is 0.239 e. The zero-order valence-electron chi connectivity index (χ0n) is 11.9. The molecule has 0 aliphatic rings. The largest absolute Gasteiger partial charge is 0.342 e. The fourth-order valence-electron chi connectivity index (χ4n) is 2.00. The third-order valence-electron chi connectivity index (χ3n) is 3.37. The third kappa shape index (κ3) is 3.84. The average Bonchev–Trinajstić information content (AvgIpc) is 2.40. The Morgan fingerprint density at radius 2 is 1.72 bits per heavy atom. The van der Waals surface area contributed by atoms with Crippen molar-refractivity contribution in [3.05, 3.63) is 35.9 Å². The second kappa shape index (κ2) is 7.17. The van der Waals surface area contributed by atoms with E-state index >= 15 is 0 Å². The van der Waals surface area contributed by atoms with Gasteiger partial charge in [-0.25, -0.2) is 0 Å². The van der Waals surface area contributed by atoms with Crippen LogP contribution in [0.2, 0.25) is 0 Å². The predicted molar refractivity (Wildman–Crippen MR) is 75.3 cm³/mol. The van der Waals surface area contributed by atoms with Crippen LogP contribution in [0, 0.1) is 0 Å². The van der Waals surface area contributed by atoms with Crippen molar-refractivity contribution in [2.24, 2.45) is 0 Å². The van der Waals surface area contributed by atoms with Crippen molar-refractivity contribution < 1.29 is 4.79 Å². The van der Waals surface area contributed by atoms with Gasteiger partial charge in [-0.15, -0.1) is 0 Å². The first-order chi connectivity index (χ1) is 8.60. The Balaban J connectivity index is 2.61. The first kappa shape index (κ1) is 14.7. The van der Waals surface area contributed by atoms with E-state index in [0.29, 0.717) is 0 Å². The molecule has 1 aromatic carbocycles. The summed E-state index contributed by atoms with van der Waals surface area (Å²) in [4.78, 5) is 16.2. The zero-order chi connectivity index (χ0) is 13.5. The van der Waals surface area contributed by atoms with Crippen LogP contribution in [0.25, 0.3) is 0 Å².